The minimum absolute atomic E-state index is 0.0596. The van der Waals surface area contributed by atoms with E-state index in [1.54, 1.807) is 0 Å². The van der Waals surface area contributed by atoms with Crippen molar-refractivity contribution in [2.75, 3.05) is 38.7 Å². The zero-order chi connectivity index (χ0) is 14.0. The van der Waals surface area contributed by atoms with Crippen LogP contribution in [-0.2, 0) is 20.0 Å². The van der Waals surface area contributed by atoms with Gasteiger partial charge in [0.1, 0.15) is 0 Å². The first-order valence-electron chi connectivity index (χ1n) is 5.80. The Morgan fingerprint density at radius 2 is 1.94 bits per heavy atom. The molecule has 0 aromatic rings. The molecule has 0 aliphatic carbocycles. The van der Waals surface area contributed by atoms with Gasteiger partial charge in [0.15, 0.2) is 9.84 Å². The Hall–Kier alpha value is -0.220. The van der Waals surface area contributed by atoms with Crippen LogP contribution in [0.2, 0.25) is 0 Å². The standard InChI is InChI=1S/C9H21N3O4S2/c1-11(6-3-5-10)18(15,16)12(2)9-4-7-17(13,14)8-9/h9H,3-8,10H2,1-2H3. The highest BCUT2D eigenvalue weighted by Gasteiger charge is 2.37. The highest BCUT2D eigenvalue weighted by atomic mass is 32.2. The van der Waals surface area contributed by atoms with Crippen molar-refractivity contribution in [2.24, 2.45) is 5.73 Å². The summed E-state index contributed by atoms with van der Waals surface area (Å²) >= 11 is 0. The van der Waals surface area contributed by atoms with Crippen LogP contribution >= 0.6 is 0 Å². The molecule has 1 atom stereocenters. The molecule has 0 radical (unpaired) electrons. The van der Waals surface area contributed by atoms with E-state index in [0.29, 0.717) is 25.9 Å². The van der Waals surface area contributed by atoms with Crippen molar-refractivity contribution in [3.63, 3.8) is 0 Å². The third kappa shape index (κ3) is 3.64. The van der Waals surface area contributed by atoms with Crippen LogP contribution in [0.5, 0.6) is 0 Å². The van der Waals surface area contributed by atoms with E-state index in [4.69, 9.17) is 5.73 Å². The van der Waals surface area contributed by atoms with Crippen molar-refractivity contribution >= 4 is 20.0 Å². The maximum Gasteiger partial charge on any atom is 0.281 e. The summed E-state index contributed by atoms with van der Waals surface area (Å²) in [6.45, 7) is 0.754. The maximum atomic E-state index is 12.2. The van der Waals surface area contributed by atoms with Crippen LogP contribution in [0.4, 0.5) is 0 Å². The molecule has 0 spiro atoms. The van der Waals surface area contributed by atoms with Gasteiger partial charge in [-0.05, 0) is 19.4 Å². The summed E-state index contributed by atoms with van der Waals surface area (Å²) in [6, 6.07) is -0.458. The molecule has 0 bridgehead atoms. The fourth-order valence-corrected chi connectivity index (χ4v) is 5.12. The van der Waals surface area contributed by atoms with Crippen LogP contribution in [0, 0.1) is 0 Å². The molecule has 0 saturated carbocycles. The molecular weight excluding hydrogens is 278 g/mol. The van der Waals surface area contributed by atoms with E-state index in [1.165, 1.54) is 18.4 Å². The molecule has 0 amide bonds. The van der Waals surface area contributed by atoms with Crippen LogP contribution in [0.1, 0.15) is 12.8 Å². The second-order valence-electron chi connectivity index (χ2n) is 4.54. The maximum absolute atomic E-state index is 12.2. The van der Waals surface area contributed by atoms with Gasteiger partial charge in [-0.15, -0.1) is 0 Å². The fraction of sp³-hybridized carbons (Fsp3) is 1.00. The summed E-state index contributed by atoms with van der Waals surface area (Å²) in [5.74, 6) is -0.0303. The molecule has 1 aliphatic rings. The zero-order valence-corrected chi connectivity index (χ0v) is 12.4. The highest BCUT2D eigenvalue weighted by molar-refractivity contribution is 7.91. The topological polar surface area (TPSA) is 101 Å². The van der Waals surface area contributed by atoms with Gasteiger partial charge in [0.05, 0.1) is 11.5 Å². The number of nitrogens with zero attached hydrogens (tertiary/aromatic N) is 2. The summed E-state index contributed by atoms with van der Waals surface area (Å²) in [7, 11) is -3.78. The minimum Gasteiger partial charge on any atom is -0.330 e. The molecule has 18 heavy (non-hydrogen) atoms. The van der Waals surface area contributed by atoms with Gasteiger partial charge in [-0.2, -0.15) is 17.0 Å². The van der Waals surface area contributed by atoms with Gasteiger partial charge < -0.3 is 5.73 Å². The lowest BCUT2D eigenvalue weighted by molar-refractivity contribution is 0.346. The lowest BCUT2D eigenvalue weighted by Crippen LogP contribution is -2.46. The summed E-state index contributed by atoms with van der Waals surface area (Å²) in [6.07, 6.45) is 0.940. The van der Waals surface area contributed by atoms with Gasteiger partial charge in [-0.3, -0.25) is 0 Å². The molecule has 7 nitrogen and oxygen atoms in total. The van der Waals surface area contributed by atoms with E-state index in [0.717, 1.165) is 4.31 Å². The Labute approximate surface area is 109 Å². The second-order valence-corrected chi connectivity index (χ2v) is 8.87. The molecular formula is C9H21N3O4S2. The third-order valence-electron chi connectivity index (χ3n) is 3.16. The zero-order valence-electron chi connectivity index (χ0n) is 10.7. The van der Waals surface area contributed by atoms with Gasteiger partial charge >= 0.3 is 0 Å². The fourth-order valence-electron chi connectivity index (χ4n) is 1.90. The number of sulfone groups is 1. The Morgan fingerprint density at radius 1 is 1.33 bits per heavy atom. The average molecular weight is 299 g/mol. The van der Waals surface area contributed by atoms with E-state index in [-0.39, 0.29) is 11.5 Å². The lowest BCUT2D eigenvalue weighted by atomic mass is 10.3. The van der Waals surface area contributed by atoms with Crippen LogP contribution in [-0.4, -0.2) is 70.2 Å². The van der Waals surface area contributed by atoms with Crippen molar-refractivity contribution in [3.8, 4) is 0 Å². The normalized spacial score (nSPS) is 23.9. The van der Waals surface area contributed by atoms with E-state index in [9.17, 15) is 16.8 Å². The van der Waals surface area contributed by atoms with Crippen molar-refractivity contribution in [1.29, 1.82) is 0 Å². The molecule has 0 aromatic carbocycles. The number of rotatable bonds is 6. The van der Waals surface area contributed by atoms with Gasteiger partial charge in [0.2, 0.25) is 0 Å². The van der Waals surface area contributed by atoms with Crippen LogP contribution < -0.4 is 5.73 Å². The van der Waals surface area contributed by atoms with Crippen molar-refractivity contribution < 1.29 is 16.8 Å². The summed E-state index contributed by atoms with van der Waals surface area (Å²) < 4.78 is 49.4. The molecule has 1 fully saturated rings. The number of hydrogen-bond donors (Lipinski definition) is 1. The smallest absolute Gasteiger partial charge is 0.281 e. The van der Waals surface area contributed by atoms with Gasteiger partial charge in [-0.25, -0.2) is 8.42 Å². The first-order chi connectivity index (χ1) is 8.20. The second kappa shape index (κ2) is 5.83. The molecule has 2 N–H and O–H groups in total. The van der Waals surface area contributed by atoms with E-state index in [2.05, 4.69) is 0 Å². The molecule has 0 aromatic heterocycles. The average Bonchev–Trinajstić information content (AvgIpc) is 2.65. The Kier molecular flexibility index (Phi) is 5.13. The SMILES string of the molecule is CN(CCCN)S(=O)(=O)N(C)C1CCS(=O)(=O)C1. The molecule has 1 unspecified atom stereocenters. The summed E-state index contributed by atoms with van der Waals surface area (Å²) in [4.78, 5) is 0. The summed E-state index contributed by atoms with van der Waals surface area (Å²) in [5.41, 5.74) is 5.34. The first-order valence-corrected chi connectivity index (χ1v) is 9.02. The predicted molar refractivity (Wildman–Crippen MR) is 70.0 cm³/mol. The molecule has 9 heteroatoms. The largest absolute Gasteiger partial charge is 0.330 e. The van der Waals surface area contributed by atoms with E-state index < -0.39 is 26.1 Å². The van der Waals surface area contributed by atoms with Gasteiger partial charge in [-0.1, -0.05) is 0 Å². The summed E-state index contributed by atoms with van der Waals surface area (Å²) in [5, 5.41) is 0. The predicted octanol–water partition coefficient (Wildman–Crippen LogP) is -1.37. The molecule has 1 saturated heterocycles. The van der Waals surface area contributed by atoms with E-state index in [1.807, 2.05) is 0 Å². The van der Waals surface area contributed by atoms with Gasteiger partial charge in [0.25, 0.3) is 10.2 Å². The van der Waals surface area contributed by atoms with Crippen molar-refractivity contribution in [3.05, 3.63) is 0 Å². The van der Waals surface area contributed by atoms with E-state index >= 15 is 0 Å². The quantitative estimate of drug-likeness (QED) is 0.652. The molecule has 1 heterocycles. The third-order valence-corrected chi connectivity index (χ3v) is 6.90. The number of nitrogens with two attached hydrogens (primary N) is 1. The number of hydrogen-bond acceptors (Lipinski definition) is 5. The Balaban J connectivity index is 2.73. The van der Waals surface area contributed by atoms with Crippen LogP contribution in [0.25, 0.3) is 0 Å². The molecule has 1 aliphatic heterocycles. The minimum atomic E-state index is -3.60. The molecule has 108 valence electrons. The van der Waals surface area contributed by atoms with Crippen LogP contribution in [0.15, 0.2) is 0 Å². The van der Waals surface area contributed by atoms with Crippen molar-refractivity contribution in [1.82, 2.24) is 8.61 Å². The molecule has 1 rings (SSSR count). The van der Waals surface area contributed by atoms with Crippen LogP contribution in [0.3, 0.4) is 0 Å². The first kappa shape index (κ1) is 15.8. The Morgan fingerprint density at radius 3 is 2.39 bits per heavy atom. The Bertz CT molecular complexity index is 474. The van der Waals surface area contributed by atoms with Crippen molar-refractivity contribution in [2.45, 2.75) is 18.9 Å². The highest BCUT2D eigenvalue weighted by Crippen LogP contribution is 2.20. The van der Waals surface area contributed by atoms with Gasteiger partial charge in [0, 0.05) is 26.7 Å². The monoisotopic (exact) mass is 299 g/mol. The lowest BCUT2D eigenvalue weighted by Gasteiger charge is -2.28.